The largest absolute Gasteiger partial charge is 0.395 e. The lowest BCUT2D eigenvalue weighted by molar-refractivity contribution is 0.173. The van der Waals surface area contributed by atoms with Crippen molar-refractivity contribution in [2.45, 2.75) is 46.1 Å². The maximum absolute atomic E-state index is 11.8. The Morgan fingerprint density at radius 1 is 1.27 bits per heavy atom. The Kier molecular flexibility index (Phi) is 8.09. The lowest BCUT2D eigenvalue weighted by Gasteiger charge is -2.24. The van der Waals surface area contributed by atoms with E-state index in [2.05, 4.69) is 19.2 Å². The van der Waals surface area contributed by atoms with Crippen LogP contribution < -0.4 is 5.32 Å². The molecule has 2 amide bonds. The smallest absolute Gasteiger partial charge is 0.317 e. The van der Waals surface area contributed by atoms with Crippen LogP contribution in [0.25, 0.3) is 0 Å². The van der Waals surface area contributed by atoms with Gasteiger partial charge in [-0.25, -0.2) is 4.79 Å². The molecule has 0 saturated carbocycles. The topological polar surface area (TPSA) is 52.6 Å². The third kappa shape index (κ3) is 5.62. The Hall–Kier alpha value is -0.770. The summed E-state index contributed by atoms with van der Waals surface area (Å²) in [6.07, 6.45) is 2.80. The predicted molar refractivity (Wildman–Crippen MR) is 61.9 cm³/mol. The summed E-state index contributed by atoms with van der Waals surface area (Å²) in [4.78, 5) is 13.4. The second kappa shape index (κ2) is 8.53. The molecule has 2 N–H and O–H groups in total. The maximum atomic E-state index is 11.8. The van der Waals surface area contributed by atoms with Gasteiger partial charge in [-0.3, -0.25) is 0 Å². The van der Waals surface area contributed by atoms with Gasteiger partial charge in [0.1, 0.15) is 0 Å². The molecular weight excluding hydrogens is 192 g/mol. The zero-order chi connectivity index (χ0) is 11.7. The maximum Gasteiger partial charge on any atom is 0.317 e. The number of aliphatic hydroxyl groups excluding tert-OH is 1. The number of amides is 2. The normalized spacial score (nSPS) is 10.5. The van der Waals surface area contributed by atoms with Crippen LogP contribution in [0.15, 0.2) is 0 Å². The Morgan fingerprint density at radius 2 is 1.87 bits per heavy atom. The van der Waals surface area contributed by atoms with E-state index in [1.807, 2.05) is 6.92 Å². The summed E-state index contributed by atoms with van der Waals surface area (Å²) in [6.45, 7) is 7.28. The van der Waals surface area contributed by atoms with E-state index in [0.29, 0.717) is 13.1 Å². The quantitative estimate of drug-likeness (QED) is 0.679. The summed E-state index contributed by atoms with van der Waals surface area (Å²) in [5, 5.41) is 11.8. The molecule has 4 heteroatoms. The fourth-order valence-corrected chi connectivity index (χ4v) is 1.46. The van der Waals surface area contributed by atoms with Crippen molar-refractivity contribution >= 4 is 6.03 Å². The van der Waals surface area contributed by atoms with E-state index < -0.39 is 0 Å². The van der Waals surface area contributed by atoms with Crippen LogP contribution in [-0.2, 0) is 0 Å². The van der Waals surface area contributed by atoms with Gasteiger partial charge in [0.25, 0.3) is 0 Å². The van der Waals surface area contributed by atoms with Crippen molar-refractivity contribution in [3.05, 3.63) is 0 Å². The molecule has 0 aromatic carbocycles. The lowest BCUT2D eigenvalue weighted by Crippen LogP contribution is -2.45. The third-order valence-electron chi connectivity index (χ3n) is 2.46. The first-order valence-electron chi connectivity index (χ1n) is 5.85. The van der Waals surface area contributed by atoms with E-state index in [-0.39, 0.29) is 18.7 Å². The molecule has 0 fully saturated rings. The van der Waals surface area contributed by atoms with Crippen molar-refractivity contribution in [3.63, 3.8) is 0 Å². The summed E-state index contributed by atoms with van der Waals surface area (Å²) < 4.78 is 0. The molecular formula is C11H24N2O2. The van der Waals surface area contributed by atoms with Crippen LogP contribution in [0.2, 0.25) is 0 Å². The summed E-state index contributed by atoms with van der Waals surface area (Å²) in [5.74, 6) is 0. The van der Waals surface area contributed by atoms with E-state index >= 15 is 0 Å². The zero-order valence-electron chi connectivity index (χ0n) is 10.1. The van der Waals surface area contributed by atoms with Gasteiger partial charge < -0.3 is 15.3 Å². The first-order valence-corrected chi connectivity index (χ1v) is 5.85. The van der Waals surface area contributed by atoms with Crippen LogP contribution in [0.4, 0.5) is 4.79 Å². The van der Waals surface area contributed by atoms with Crippen molar-refractivity contribution in [2.24, 2.45) is 0 Å². The molecule has 4 nitrogen and oxygen atoms in total. The Bertz CT molecular complexity index is 164. The molecule has 0 aromatic rings. The minimum Gasteiger partial charge on any atom is -0.395 e. The van der Waals surface area contributed by atoms with Gasteiger partial charge in [0.2, 0.25) is 0 Å². The lowest BCUT2D eigenvalue weighted by atomic mass is 10.2. The number of nitrogens with zero attached hydrogens (tertiary/aromatic N) is 1. The van der Waals surface area contributed by atoms with Crippen molar-refractivity contribution < 1.29 is 9.90 Å². The molecule has 0 heterocycles. The molecule has 0 bridgehead atoms. The first kappa shape index (κ1) is 14.2. The highest BCUT2D eigenvalue weighted by molar-refractivity contribution is 5.74. The van der Waals surface area contributed by atoms with Gasteiger partial charge in [0.05, 0.1) is 6.61 Å². The number of carbonyl (C=O) groups excluding carboxylic acids is 1. The minimum atomic E-state index is -0.0559. The Labute approximate surface area is 92.7 Å². The zero-order valence-corrected chi connectivity index (χ0v) is 10.1. The predicted octanol–water partition coefficient (Wildman–Crippen LogP) is 1.59. The molecule has 0 aliphatic rings. The van der Waals surface area contributed by atoms with Crippen LogP contribution >= 0.6 is 0 Å². The summed E-state index contributed by atoms with van der Waals surface area (Å²) >= 11 is 0. The average Bonchev–Trinajstić information content (AvgIpc) is 2.25. The highest BCUT2D eigenvalue weighted by atomic mass is 16.3. The number of nitrogens with one attached hydrogen (secondary N) is 1. The van der Waals surface area contributed by atoms with Crippen LogP contribution in [0, 0.1) is 0 Å². The van der Waals surface area contributed by atoms with Crippen LogP contribution in [0.3, 0.4) is 0 Å². The van der Waals surface area contributed by atoms with Gasteiger partial charge in [-0.15, -0.1) is 0 Å². The first-order chi connectivity index (χ1) is 7.19. The Balaban J connectivity index is 4.10. The van der Waals surface area contributed by atoms with Crippen LogP contribution in [0.5, 0.6) is 0 Å². The summed E-state index contributed by atoms with van der Waals surface area (Å²) in [5.41, 5.74) is 0. The second-order valence-corrected chi connectivity index (χ2v) is 3.67. The van der Waals surface area contributed by atoms with Gasteiger partial charge in [-0.1, -0.05) is 20.8 Å². The molecule has 0 aromatic heterocycles. The number of aliphatic hydroxyl groups is 1. The number of rotatable bonds is 7. The van der Waals surface area contributed by atoms with Gasteiger partial charge in [-0.05, 0) is 19.3 Å². The number of carbonyl (C=O) groups is 1. The van der Waals surface area contributed by atoms with Gasteiger partial charge in [0, 0.05) is 19.1 Å². The third-order valence-corrected chi connectivity index (χ3v) is 2.46. The van der Waals surface area contributed by atoms with E-state index in [1.54, 1.807) is 4.90 Å². The molecule has 0 aliphatic heterocycles. The molecule has 0 unspecified atom stereocenters. The highest BCUT2D eigenvalue weighted by Crippen LogP contribution is 1.99. The molecule has 0 spiro atoms. The summed E-state index contributed by atoms with van der Waals surface area (Å²) in [6, 6.07) is 0.190. The highest BCUT2D eigenvalue weighted by Gasteiger charge is 2.14. The van der Waals surface area contributed by atoms with E-state index in [0.717, 1.165) is 19.3 Å². The fourth-order valence-electron chi connectivity index (χ4n) is 1.46. The monoisotopic (exact) mass is 216 g/mol. The van der Waals surface area contributed by atoms with Crippen LogP contribution in [0.1, 0.15) is 40.0 Å². The molecule has 15 heavy (non-hydrogen) atoms. The number of urea groups is 1. The molecule has 0 atom stereocenters. The SMILES string of the molecule is CCCN(CCO)C(=O)NC(CC)CC. The van der Waals surface area contributed by atoms with E-state index in [4.69, 9.17) is 5.11 Å². The number of hydrogen-bond donors (Lipinski definition) is 2. The minimum absolute atomic E-state index is 0.0241. The standard InChI is InChI=1S/C11H24N2O2/c1-4-7-13(8-9-14)11(15)12-10(5-2)6-3/h10,14H,4-9H2,1-3H3,(H,12,15). The van der Waals surface area contributed by atoms with Gasteiger partial charge in [0.15, 0.2) is 0 Å². The second-order valence-electron chi connectivity index (χ2n) is 3.67. The fraction of sp³-hybridized carbons (Fsp3) is 0.909. The molecule has 0 radical (unpaired) electrons. The average molecular weight is 216 g/mol. The molecule has 0 rings (SSSR count). The number of hydrogen-bond acceptors (Lipinski definition) is 2. The van der Waals surface area contributed by atoms with Crippen molar-refractivity contribution in [1.29, 1.82) is 0 Å². The summed E-state index contributed by atoms with van der Waals surface area (Å²) in [7, 11) is 0. The van der Waals surface area contributed by atoms with Crippen molar-refractivity contribution in [1.82, 2.24) is 10.2 Å². The Morgan fingerprint density at radius 3 is 2.27 bits per heavy atom. The molecule has 0 aliphatic carbocycles. The van der Waals surface area contributed by atoms with Gasteiger partial charge >= 0.3 is 6.03 Å². The van der Waals surface area contributed by atoms with Crippen LogP contribution in [-0.4, -0.2) is 41.8 Å². The van der Waals surface area contributed by atoms with E-state index in [9.17, 15) is 4.79 Å². The van der Waals surface area contributed by atoms with Crippen molar-refractivity contribution in [2.75, 3.05) is 19.7 Å². The van der Waals surface area contributed by atoms with Crippen molar-refractivity contribution in [3.8, 4) is 0 Å². The van der Waals surface area contributed by atoms with Gasteiger partial charge in [-0.2, -0.15) is 0 Å². The van der Waals surface area contributed by atoms with E-state index in [1.165, 1.54) is 0 Å². The molecule has 90 valence electrons. The molecule has 0 saturated heterocycles.